The number of rotatable bonds is 1. The Balaban J connectivity index is 3.23. The van der Waals surface area contributed by atoms with Crippen molar-refractivity contribution < 1.29 is 26.1 Å². The van der Waals surface area contributed by atoms with Crippen LogP contribution in [0.4, 0.5) is 26.1 Å². The van der Waals surface area contributed by atoms with Crippen molar-refractivity contribution in [3.63, 3.8) is 0 Å². The van der Waals surface area contributed by atoms with Crippen LogP contribution in [0.3, 0.4) is 0 Å². The summed E-state index contributed by atoms with van der Waals surface area (Å²) in [5, 5.41) is 2.64. The zero-order valence-corrected chi connectivity index (χ0v) is 6.82. The summed E-state index contributed by atoms with van der Waals surface area (Å²) in [4.78, 5) is 0. The Morgan fingerprint density at radius 1 is 1.29 bits per heavy atom. The van der Waals surface area contributed by atoms with Gasteiger partial charge in [-0.3, -0.25) is 0 Å². The number of hydrogen-bond acceptors (Lipinski definition) is 1. The summed E-state index contributed by atoms with van der Waals surface area (Å²) in [7, 11) is 0. The van der Waals surface area contributed by atoms with E-state index in [0.29, 0.717) is 0 Å². The molecular formula is C5H4BF6N2-. The molecule has 0 radical (unpaired) electrons. The van der Waals surface area contributed by atoms with Gasteiger partial charge in [-0.2, -0.15) is 9.78 Å². The maximum Gasteiger partial charge on any atom is 0.512 e. The predicted octanol–water partition coefficient (Wildman–Crippen LogP) is 1.72. The topological polar surface area (TPSA) is 17.8 Å². The third-order valence-corrected chi connectivity index (χ3v) is 1.64. The molecule has 1 rings (SSSR count). The van der Waals surface area contributed by atoms with E-state index in [2.05, 4.69) is 5.10 Å². The summed E-state index contributed by atoms with van der Waals surface area (Å²) in [5.41, 5.74) is -2.26. The number of halogens is 6. The fraction of sp³-hybridized carbons (Fsp3) is 0.400. The molecule has 2 nitrogen and oxygen atoms in total. The van der Waals surface area contributed by atoms with Crippen LogP contribution in [0.5, 0.6) is 0 Å². The van der Waals surface area contributed by atoms with Crippen molar-refractivity contribution in [3.8, 4) is 0 Å². The van der Waals surface area contributed by atoms with Gasteiger partial charge in [-0.1, -0.05) is 5.46 Å². The Morgan fingerprint density at radius 2 is 1.79 bits per heavy atom. The summed E-state index contributed by atoms with van der Waals surface area (Å²) in [6.45, 7) is -4.72. The van der Waals surface area contributed by atoms with E-state index in [-0.39, 0.29) is 6.20 Å². The molecule has 0 aliphatic rings. The van der Waals surface area contributed by atoms with Gasteiger partial charge in [0.25, 0.3) is 0 Å². The maximum absolute atomic E-state index is 12.1. The maximum atomic E-state index is 12.1. The molecule has 0 aliphatic carbocycles. The lowest BCUT2D eigenvalue weighted by atomic mass is 9.81. The molecule has 0 N–H and O–H groups in total. The standard InChI is InChI=1S/C5H4BF6N2/c1-3-4(6(10,11)12)2-13-14(3)5(7,8)9/h2H,1H3/q-1. The van der Waals surface area contributed by atoms with Gasteiger partial charge in [0.1, 0.15) is 0 Å². The molecule has 0 spiro atoms. The Kier molecular flexibility index (Phi) is 2.28. The SMILES string of the molecule is Cc1c([B-](F)(F)F)cnn1C(F)(F)F. The minimum absolute atomic E-state index is 0.183. The van der Waals surface area contributed by atoms with Gasteiger partial charge in [-0.25, -0.2) is 0 Å². The van der Waals surface area contributed by atoms with Crippen molar-refractivity contribution in [1.29, 1.82) is 0 Å². The van der Waals surface area contributed by atoms with Crippen molar-refractivity contribution in [2.75, 3.05) is 0 Å². The fourth-order valence-corrected chi connectivity index (χ4v) is 0.999. The highest BCUT2D eigenvalue weighted by molar-refractivity contribution is 6.73. The highest BCUT2D eigenvalue weighted by atomic mass is 19.4. The number of hydrogen-bond donors (Lipinski definition) is 0. The van der Waals surface area contributed by atoms with Crippen LogP contribution in [0.1, 0.15) is 5.69 Å². The molecule has 0 aliphatic heterocycles. The molecule has 1 heterocycles. The fourth-order valence-electron chi connectivity index (χ4n) is 0.999. The molecule has 1 aromatic heterocycles. The van der Waals surface area contributed by atoms with E-state index in [9.17, 15) is 26.1 Å². The second-order valence-electron chi connectivity index (χ2n) is 2.64. The third kappa shape index (κ3) is 1.85. The molecule has 1 aromatic rings. The van der Waals surface area contributed by atoms with Crippen molar-refractivity contribution >= 4 is 12.4 Å². The summed E-state index contributed by atoms with van der Waals surface area (Å²) in [5.74, 6) is 0. The van der Waals surface area contributed by atoms with E-state index in [0.717, 1.165) is 6.92 Å². The van der Waals surface area contributed by atoms with Crippen molar-refractivity contribution in [2.24, 2.45) is 0 Å². The zero-order chi connectivity index (χ0) is 11.1. The smallest absolute Gasteiger partial charge is 0.445 e. The lowest BCUT2D eigenvalue weighted by Crippen LogP contribution is -2.36. The molecule has 0 amide bonds. The summed E-state index contributed by atoms with van der Waals surface area (Å²) in [6.07, 6.45) is -4.73. The van der Waals surface area contributed by atoms with Gasteiger partial charge < -0.3 is 12.9 Å². The van der Waals surface area contributed by atoms with Crippen molar-refractivity contribution in [3.05, 3.63) is 11.9 Å². The largest absolute Gasteiger partial charge is 0.512 e. The Bertz CT molecular complexity index is 305. The molecular weight excluding hydrogens is 213 g/mol. The predicted molar refractivity (Wildman–Crippen MR) is 37.0 cm³/mol. The third-order valence-electron chi connectivity index (χ3n) is 1.64. The second kappa shape index (κ2) is 2.92. The molecule has 14 heavy (non-hydrogen) atoms. The Hall–Kier alpha value is -1.15. The molecule has 0 saturated heterocycles. The monoisotopic (exact) mass is 217 g/mol. The van der Waals surface area contributed by atoms with Crippen LogP contribution in [0, 0.1) is 6.92 Å². The van der Waals surface area contributed by atoms with Gasteiger partial charge >= 0.3 is 13.3 Å². The van der Waals surface area contributed by atoms with Gasteiger partial charge in [0, 0.05) is 11.9 Å². The Morgan fingerprint density at radius 3 is 2.00 bits per heavy atom. The summed E-state index contributed by atoms with van der Waals surface area (Å²) >= 11 is 0. The van der Waals surface area contributed by atoms with Crippen LogP contribution >= 0.6 is 0 Å². The molecule has 0 aromatic carbocycles. The Labute approximate surface area is 74.6 Å². The van der Waals surface area contributed by atoms with Gasteiger partial charge in [0.2, 0.25) is 0 Å². The zero-order valence-electron chi connectivity index (χ0n) is 6.82. The minimum atomic E-state index is -5.45. The second-order valence-corrected chi connectivity index (χ2v) is 2.64. The molecule has 0 unspecified atom stereocenters. The lowest BCUT2D eigenvalue weighted by Gasteiger charge is -2.14. The highest BCUT2D eigenvalue weighted by Gasteiger charge is 2.37. The number of nitrogens with zero attached hydrogens (tertiary/aromatic N) is 2. The average Bonchev–Trinajstić information content (AvgIpc) is 2.26. The van der Waals surface area contributed by atoms with E-state index < -0.39 is 29.1 Å². The van der Waals surface area contributed by atoms with Crippen LogP contribution in [0.25, 0.3) is 0 Å². The average molecular weight is 217 g/mol. The first-order chi connectivity index (χ1) is 6.14. The van der Waals surface area contributed by atoms with Gasteiger partial charge in [0.05, 0.1) is 0 Å². The molecule has 0 fully saturated rings. The molecule has 0 bridgehead atoms. The van der Waals surface area contributed by atoms with Crippen molar-refractivity contribution in [1.82, 2.24) is 9.78 Å². The summed E-state index contributed by atoms with van der Waals surface area (Å²) < 4.78 is 71.6. The molecule has 0 atom stereocenters. The number of alkyl halides is 3. The van der Waals surface area contributed by atoms with Crippen LogP contribution in [-0.4, -0.2) is 16.8 Å². The van der Waals surface area contributed by atoms with E-state index >= 15 is 0 Å². The van der Waals surface area contributed by atoms with Crippen molar-refractivity contribution in [2.45, 2.75) is 13.2 Å². The first kappa shape index (κ1) is 10.9. The normalized spacial score (nSPS) is 13.4. The quantitative estimate of drug-likeness (QED) is 0.517. The van der Waals surface area contributed by atoms with E-state index in [4.69, 9.17) is 0 Å². The lowest BCUT2D eigenvalue weighted by molar-refractivity contribution is -0.213. The van der Waals surface area contributed by atoms with Crippen LogP contribution < -0.4 is 5.46 Å². The summed E-state index contributed by atoms with van der Waals surface area (Å²) in [6, 6.07) is 0. The van der Waals surface area contributed by atoms with Gasteiger partial charge in [-0.05, 0) is 6.92 Å². The van der Waals surface area contributed by atoms with Gasteiger partial charge in [-0.15, -0.1) is 13.2 Å². The minimum Gasteiger partial charge on any atom is -0.445 e. The van der Waals surface area contributed by atoms with Crippen LogP contribution in [-0.2, 0) is 6.30 Å². The first-order valence-corrected chi connectivity index (χ1v) is 3.45. The van der Waals surface area contributed by atoms with E-state index in [1.165, 1.54) is 0 Å². The number of aromatic nitrogens is 2. The van der Waals surface area contributed by atoms with E-state index in [1.807, 2.05) is 0 Å². The van der Waals surface area contributed by atoms with Crippen LogP contribution in [0.2, 0.25) is 0 Å². The molecule has 9 heteroatoms. The van der Waals surface area contributed by atoms with Gasteiger partial charge in [0.15, 0.2) is 0 Å². The van der Waals surface area contributed by atoms with Crippen LogP contribution in [0.15, 0.2) is 6.20 Å². The van der Waals surface area contributed by atoms with E-state index in [1.54, 1.807) is 0 Å². The first-order valence-electron chi connectivity index (χ1n) is 3.45. The molecule has 80 valence electrons. The molecule has 0 saturated carbocycles. The highest BCUT2D eigenvalue weighted by Crippen LogP contribution is 2.23.